The van der Waals surface area contributed by atoms with Crippen molar-refractivity contribution in [2.45, 2.75) is 39.2 Å². The van der Waals surface area contributed by atoms with Gasteiger partial charge in [0.05, 0.1) is 17.8 Å². The Bertz CT molecular complexity index is 599. The molecule has 0 radical (unpaired) electrons. The van der Waals surface area contributed by atoms with Gasteiger partial charge in [0.25, 0.3) is 0 Å². The van der Waals surface area contributed by atoms with Crippen LogP contribution in [0.5, 0.6) is 0 Å². The Morgan fingerprint density at radius 3 is 2.74 bits per heavy atom. The van der Waals surface area contributed by atoms with Crippen LogP contribution in [0, 0.1) is 0 Å². The second kappa shape index (κ2) is 5.00. The number of aromatic nitrogens is 2. The molecule has 1 aromatic heterocycles. The van der Waals surface area contributed by atoms with Crippen LogP contribution >= 0.6 is 0 Å². The smallest absolute Gasteiger partial charge is 0.166 e. The Kier molecular flexibility index (Phi) is 3.20. The maximum atomic E-state index is 12.1. The molecular weight excluding hydrogens is 236 g/mol. The number of carbonyl (C=O) groups excluding carboxylic acids is 1. The second-order valence-electron chi connectivity index (χ2n) is 5.04. The van der Waals surface area contributed by atoms with E-state index in [-0.39, 0.29) is 5.78 Å². The van der Waals surface area contributed by atoms with Crippen LogP contribution in [-0.4, -0.2) is 15.6 Å². The molecule has 0 saturated carbocycles. The van der Waals surface area contributed by atoms with Crippen LogP contribution in [0.2, 0.25) is 0 Å². The first kappa shape index (κ1) is 12.2. The minimum Gasteiger partial charge on any atom is -0.294 e. The van der Waals surface area contributed by atoms with Crippen molar-refractivity contribution in [3.8, 4) is 0 Å². The number of hydrogen-bond acceptors (Lipinski definition) is 2. The molecule has 1 aliphatic rings. The van der Waals surface area contributed by atoms with Gasteiger partial charge >= 0.3 is 0 Å². The summed E-state index contributed by atoms with van der Waals surface area (Å²) in [6, 6.07) is 10.3. The molecule has 1 aliphatic carbocycles. The van der Waals surface area contributed by atoms with Gasteiger partial charge in [-0.3, -0.25) is 9.48 Å². The molecule has 0 saturated heterocycles. The molecule has 0 N–H and O–H groups in total. The lowest BCUT2D eigenvalue weighted by atomic mass is 9.94. The van der Waals surface area contributed by atoms with E-state index in [2.05, 4.69) is 24.2 Å². The summed E-state index contributed by atoms with van der Waals surface area (Å²) < 4.78 is 2.03. The summed E-state index contributed by atoms with van der Waals surface area (Å²) in [4.78, 5) is 12.1. The predicted octanol–water partition coefficient (Wildman–Crippen LogP) is 3.01. The molecule has 3 heteroatoms. The summed E-state index contributed by atoms with van der Waals surface area (Å²) in [5.41, 5.74) is 4.24. The third kappa shape index (κ3) is 2.21. The minimum atomic E-state index is 0.275. The fourth-order valence-electron chi connectivity index (χ4n) is 2.80. The summed E-state index contributed by atoms with van der Waals surface area (Å²) in [6.45, 7) is 2.83. The van der Waals surface area contributed by atoms with Crippen LogP contribution in [0.3, 0.4) is 0 Å². The maximum absolute atomic E-state index is 12.1. The summed E-state index contributed by atoms with van der Waals surface area (Å²) in [7, 11) is 0. The van der Waals surface area contributed by atoms with Gasteiger partial charge in [-0.25, -0.2) is 0 Å². The van der Waals surface area contributed by atoms with Gasteiger partial charge in [-0.05, 0) is 24.8 Å². The molecular formula is C16H18N2O. The van der Waals surface area contributed by atoms with Gasteiger partial charge < -0.3 is 0 Å². The van der Waals surface area contributed by atoms with Crippen molar-refractivity contribution in [3.63, 3.8) is 0 Å². The highest BCUT2D eigenvalue weighted by Crippen LogP contribution is 2.25. The molecule has 0 unspecified atom stereocenters. The fraction of sp³-hybridized carbons (Fsp3) is 0.375. The average Bonchev–Trinajstić information content (AvgIpc) is 2.80. The van der Waals surface area contributed by atoms with E-state index in [4.69, 9.17) is 0 Å². The van der Waals surface area contributed by atoms with Crippen molar-refractivity contribution in [1.82, 2.24) is 9.78 Å². The molecule has 2 aromatic rings. The number of nitrogens with zero attached hydrogens (tertiary/aromatic N) is 2. The first-order chi connectivity index (χ1) is 9.29. The molecule has 0 atom stereocenters. The third-order valence-electron chi connectivity index (χ3n) is 3.74. The summed E-state index contributed by atoms with van der Waals surface area (Å²) >= 11 is 0. The highest BCUT2D eigenvalue weighted by atomic mass is 16.1. The third-order valence-corrected chi connectivity index (χ3v) is 3.74. The molecule has 1 aromatic carbocycles. The standard InChI is InChI=1S/C16H18N2O/c1-2-13-16-14(9-6-10-15(16)19)18(17-13)11-12-7-4-3-5-8-12/h3-5,7-8H,2,6,9-11H2,1H3. The molecule has 0 amide bonds. The molecule has 3 nitrogen and oxygen atoms in total. The van der Waals surface area contributed by atoms with E-state index in [9.17, 15) is 4.79 Å². The van der Waals surface area contributed by atoms with E-state index in [1.165, 1.54) is 5.56 Å². The van der Waals surface area contributed by atoms with Crippen molar-refractivity contribution >= 4 is 5.78 Å². The van der Waals surface area contributed by atoms with Crippen LogP contribution in [-0.2, 0) is 19.4 Å². The van der Waals surface area contributed by atoms with E-state index in [0.717, 1.165) is 42.8 Å². The van der Waals surface area contributed by atoms with Crippen LogP contribution in [0.15, 0.2) is 30.3 Å². The van der Waals surface area contributed by atoms with Crippen LogP contribution in [0.25, 0.3) is 0 Å². The van der Waals surface area contributed by atoms with Gasteiger partial charge in [0.1, 0.15) is 0 Å². The number of carbonyl (C=O) groups is 1. The number of hydrogen-bond donors (Lipinski definition) is 0. The molecule has 0 fully saturated rings. The average molecular weight is 254 g/mol. The molecule has 98 valence electrons. The summed E-state index contributed by atoms with van der Waals surface area (Å²) in [5, 5.41) is 4.65. The first-order valence-corrected chi connectivity index (χ1v) is 6.95. The monoisotopic (exact) mass is 254 g/mol. The normalized spacial score (nSPS) is 14.5. The Hall–Kier alpha value is -1.90. The number of aryl methyl sites for hydroxylation is 1. The SMILES string of the molecule is CCc1nn(Cc2ccccc2)c2c1C(=O)CCC2. The fourth-order valence-corrected chi connectivity index (χ4v) is 2.80. The Morgan fingerprint density at radius 1 is 1.21 bits per heavy atom. The lowest BCUT2D eigenvalue weighted by Gasteiger charge is -2.13. The molecule has 3 rings (SSSR count). The zero-order valence-electron chi connectivity index (χ0n) is 11.2. The van der Waals surface area contributed by atoms with Crippen molar-refractivity contribution in [2.75, 3.05) is 0 Å². The molecule has 0 spiro atoms. The van der Waals surface area contributed by atoms with Crippen LogP contribution < -0.4 is 0 Å². The number of ketones is 1. The van der Waals surface area contributed by atoms with E-state index in [1.807, 2.05) is 22.9 Å². The number of Topliss-reactive ketones (excluding diaryl/α,β-unsaturated/α-hetero) is 1. The van der Waals surface area contributed by atoms with Gasteiger partial charge in [-0.1, -0.05) is 37.3 Å². The van der Waals surface area contributed by atoms with Gasteiger partial charge in [0, 0.05) is 12.1 Å². The zero-order valence-corrected chi connectivity index (χ0v) is 11.2. The number of rotatable bonds is 3. The minimum absolute atomic E-state index is 0.275. The summed E-state index contributed by atoms with van der Waals surface area (Å²) in [6.07, 6.45) is 3.43. The highest BCUT2D eigenvalue weighted by Gasteiger charge is 2.25. The quantitative estimate of drug-likeness (QED) is 0.844. The van der Waals surface area contributed by atoms with Crippen molar-refractivity contribution in [1.29, 1.82) is 0 Å². The summed E-state index contributed by atoms with van der Waals surface area (Å²) in [5.74, 6) is 0.275. The zero-order chi connectivity index (χ0) is 13.2. The Balaban J connectivity index is 2.00. The number of benzene rings is 1. The molecule has 19 heavy (non-hydrogen) atoms. The van der Waals surface area contributed by atoms with E-state index in [1.54, 1.807) is 0 Å². The molecule has 0 aliphatic heterocycles. The van der Waals surface area contributed by atoms with Crippen molar-refractivity contribution < 1.29 is 4.79 Å². The second-order valence-corrected chi connectivity index (χ2v) is 5.04. The topological polar surface area (TPSA) is 34.9 Å². The maximum Gasteiger partial charge on any atom is 0.166 e. The lowest BCUT2D eigenvalue weighted by Crippen LogP contribution is -2.14. The Labute approximate surface area is 113 Å². The Morgan fingerprint density at radius 2 is 2.00 bits per heavy atom. The largest absolute Gasteiger partial charge is 0.294 e. The predicted molar refractivity (Wildman–Crippen MR) is 74.4 cm³/mol. The van der Waals surface area contributed by atoms with Gasteiger partial charge in [0.15, 0.2) is 5.78 Å². The number of fused-ring (bicyclic) bond motifs is 1. The van der Waals surface area contributed by atoms with Crippen LogP contribution in [0.1, 0.15) is 47.1 Å². The van der Waals surface area contributed by atoms with E-state index < -0.39 is 0 Å². The first-order valence-electron chi connectivity index (χ1n) is 6.95. The van der Waals surface area contributed by atoms with Crippen molar-refractivity contribution in [2.24, 2.45) is 0 Å². The van der Waals surface area contributed by atoms with E-state index >= 15 is 0 Å². The highest BCUT2D eigenvalue weighted by molar-refractivity contribution is 5.99. The molecule has 0 bridgehead atoms. The van der Waals surface area contributed by atoms with Crippen molar-refractivity contribution in [3.05, 3.63) is 52.8 Å². The van der Waals surface area contributed by atoms with Gasteiger partial charge in [-0.15, -0.1) is 0 Å². The van der Waals surface area contributed by atoms with Crippen LogP contribution in [0.4, 0.5) is 0 Å². The molecule has 1 heterocycles. The van der Waals surface area contributed by atoms with Gasteiger partial charge in [-0.2, -0.15) is 5.10 Å². The van der Waals surface area contributed by atoms with Gasteiger partial charge in [0.2, 0.25) is 0 Å². The van der Waals surface area contributed by atoms with E-state index in [0.29, 0.717) is 6.42 Å². The lowest BCUT2D eigenvalue weighted by molar-refractivity contribution is 0.0971.